The Balaban J connectivity index is 1.64. The minimum absolute atomic E-state index is 0.463. The van der Waals surface area contributed by atoms with Crippen LogP contribution in [-0.2, 0) is 13.1 Å². The van der Waals surface area contributed by atoms with Crippen molar-refractivity contribution in [2.45, 2.75) is 13.1 Å². The molecule has 0 saturated carbocycles. The molecule has 0 unspecified atom stereocenters. The van der Waals surface area contributed by atoms with E-state index in [9.17, 15) is 0 Å². The molecule has 2 rings (SSSR count). The van der Waals surface area contributed by atoms with E-state index in [1.807, 2.05) is 10.9 Å². The van der Waals surface area contributed by atoms with Gasteiger partial charge in [0.25, 0.3) is 0 Å². The van der Waals surface area contributed by atoms with Crippen molar-refractivity contribution in [3.8, 4) is 0 Å². The Kier molecular flexibility index (Phi) is 5.90. The van der Waals surface area contributed by atoms with E-state index in [4.69, 9.17) is 5.73 Å². The average molecular weight is 281 g/mol. The van der Waals surface area contributed by atoms with Crippen molar-refractivity contribution in [1.82, 2.24) is 29.7 Å². The van der Waals surface area contributed by atoms with Gasteiger partial charge in [0.2, 0.25) is 0 Å². The predicted molar refractivity (Wildman–Crippen MR) is 79.3 cm³/mol. The van der Waals surface area contributed by atoms with E-state index in [0.717, 1.165) is 38.4 Å². The molecule has 0 atom stereocenters. The summed E-state index contributed by atoms with van der Waals surface area (Å²) in [5.74, 6) is 0. The van der Waals surface area contributed by atoms with Crippen LogP contribution in [-0.4, -0.2) is 89.6 Å². The molecule has 2 heterocycles. The first-order valence-electron chi connectivity index (χ1n) is 7.36. The number of rotatable bonds is 7. The van der Waals surface area contributed by atoms with Gasteiger partial charge in [-0.3, -0.25) is 14.5 Å². The van der Waals surface area contributed by atoms with Gasteiger partial charge in [-0.25, -0.2) is 0 Å². The first kappa shape index (κ1) is 15.4. The second-order valence-corrected chi connectivity index (χ2v) is 5.66. The normalized spacial score (nSPS) is 18.0. The first-order chi connectivity index (χ1) is 9.67. The van der Waals surface area contributed by atoms with Crippen LogP contribution in [0, 0.1) is 0 Å². The highest BCUT2D eigenvalue weighted by atomic mass is 15.4. The molecule has 1 aromatic heterocycles. The number of likely N-dealkylation sites (N-methyl/N-ethyl adjacent to an activating group) is 1. The number of hydrogen-bond acceptors (Lipinski definition) is 6. The quantitative estimate of drug-likeness (QED) is 0.685. The summed E-state index contributed by atoms with van der Waals surface area (Å²) in [6.45, 7) is 9.32. The lowest BCUT2D eigenvalue weighted by Gasteiger charge is -2.35. The third kappa shape index (κ3) is 4.82. The van der Waals surface area contributed by atoms with Crippen LogP contribution in [0.3, 0.4) is 0 Å². The van der Waals surface area contributed by atoms with E-state index in [2.05, 4.69) is 39.1 Å². The number of nitrogens with zero attached hydrogens (tertiary/aromatic N) is 6. The van der Waals surface area contributed by atoms with Crippen molar-refractivity contribution in [3.63, 3.8) is 0 Å². The molecule has 114 valence electrons. The Bertz CT molecular complexity index is 382. The van der Waals surface area contributed by atoms with E-state index in [0.29, 0.717) is 6.54 Å². The Morgan fingerprint density at radius 1 is 1.10 bits per heavy atom. The molecule has 0 amide bonds. The van der Waals surface area contributed by atoms with Crippen LogP contribution >= 0.6 is 0 Å². The zero-order chi connectivity index (χ0) is 14.4. The van der Waals surface area contributed by atoms with Gasteiger partial charge in [-0.15, -0.1) is 5.10 Å². The molecule has 1 aromatic rings. The molecule has 1 fully saturated rings. The van der Waals surface area contributed by atoms with E-state index >= 15 is 0 Å². The number of nitrogens with two attached hydrogens (primary N) is 1. The molecular formula is C13H27N7. The van der Waals surface area contributed by atoms with Crippen molar-refractivity contribution in [1.29, 1.82) is 0 Å². The van der Waals surface area contributed by atoms with Crippen LogP contribution < -0.4 is 5.73 Å². The highest BCUT2D eigenvalue weighted by Gasteiger charge is 2.16. The van der Waals surface area contributed by atoms with Crippen molar-refractivity contribution >= 4 is 0 Å². The zero-order valence-electron chi connectivity index (χ0n) is 12.7. The molecule has 7 nitrogen and oxygen atoms in total. The Morgan fingerprint density at radius 3 is 2.30 bits per heavy atom. The first-order valence-corrected chi connectivity index (χ1v) is 7.36. The molecule has 0 radical (unpaired) electrons. The summed E-state index contributed by atoms with van der Waals surface area (Å²) < 4.78 is 1.89. The van der Waals surface area contributed by atoms with Gasteiger partial charge in [-0.05, 0) is 14.1 Å². The smallest absolute Gasteiger partial charge is 0.0962 e. The second-order valence-electron chi connectivity index (χ2n) is 5.66. The van der Waals surface area contributed by atoms with Crippen LogP contribution in [0.1, 0.15) is 5.69 Å². The van der Waals surface area contributed by atoms with Gasteiger partial charge in [0.05, 0.1) is 12.2 Å². The van der Waals surface area contributed by atoms with Gasteiger partial charge in [0.1, 0.15) is 0 Å². The van der Waals surface area contributed by atoms with E-state index < -0.39 is 0 Å². The van der Waals surface area contributed by atoms with Crippen molar-refractivity contribution in [3.05, 3.63) is 11.9 Å². The topological polar surface area (TPSA) is 66.5 Å². The van der Waals surface area contributed by atoms with E-state index in [1.54, 1.807) is 0 Å². The summed E-state index contributed by atoms with van der Waals surface area (Å²) in [6.07, 6.45) is 1.94. The lowest BCUT2D eigenvalue weighted by Crippen LogP contribution is -2.48. The fourth-order valence-electron chi connectivity index (χ4n) is 2.36. The lowest BCUT2D eigenvalue weighted by molar-refractivity contribution is 0.121. The summed E-state index contributed by atoms with van der Waals surface area (Å²) in [6, 6.07) is 0. The molecule has 0 bridgehead atoms. The highest BCUT2D eigenvalue weighted by Crippen LogP contribution is 2.02. The summed E-state index contributed by atoms with van der Waals surface area (Å²) in [4.78, 5) is 7.28. The van der Waals surface area contributed by atoms with Crippen molar-refractivity contribution in [2.24, 2.45) is 5.73 Å². The molecule has 2 N–H and O–H groups in total. The van der Waals surface area contributed by atoms with Crippen LogP contribution in [0.2, 0.25) is 0 Å². The summed E-state index contributed by atoms with van der Waals surface area (Å²) in [5.41, 5.74) is 6.39. The highest BCUT2D eigenvalue weighted by molar-refractivity contribution is 4.90. The molecule has 0 spiro atoms. The Labute approximate surface area is 121 Å². The average Bonchev–Trinajstić information content (AvgIpc) is 2.92. The third-order valence-corrected chi connectivity index (χ3v) is 3.77. The van der Waals surface area contributed by atoms with E-state index in [1.165, 1.54) is 19.6 Å². The molecule has 0 aliphatic carbocycles. The minimum atomic E-state index is 0.463. The van der Waals surface area contributed by atoms with Crippen LogP contribution in [0.5, 0.6) is 0 Å². The minimum Gasteiger partial charge on any atom is -0.325 e. The van der Waals surface area contributed by atoms with Crippen LogP contribution in [0.15, 0.2) is 6.20 Å². The van der Waals surface area contributed by atoms with Crippen molar-refractivity contribution in [2.75, 3.05) is 59.9 Å². The molecule has 0 aromatic carbocycles. The maximum atomic E-state index is 5.53. The predicted octanol–water partition coefficient (Wildman–Crippen LogP) is -1.08. The molecule has 1 aliphatic rings. The van der Waals surface area contributed by atoms with Gasteiger partial charge >= 0.3 is 0 Å². The van der Waals surface area contributed by atoms with Crippen molar-refractivity contribution < 1.29 is 0 Å². The van der Waals surface area contributed by atoms with E-state index in [-0.39, 0.29) is 0 Å². The molecule has 7 heteroatoms. The van der Waals surface area contributed by atoms with Crippen LogP contribution in [0.25, 0.3) is 0 Å². The van der Waals surface area contributed by atoms with Gasteiger partial charge in [0.15, 0.2) is 0 Å². The van der Waals surface area contributed by atoms with Crippen LogP contribution in [0.4, 0.5) is 0 Å². The maximum Gasteiger partial charge on any atom is 0.0962 e. The largest absolute Gasteiger partial charge is 0.325 e. The SMILES string of the molecule is CN(C)CCN1CCN(CCn2cc(CN)nn2)CC1. The second kappa shape index (κ2) is 7.68. The van der Waals surface area contributed by atoms with Gasteiger partial charge < -0.3 is 10.6 Å². The zero-order valence-corrected chi connectivity index (χ0v) is 12.7. The lowest BCUT2D eigenvalue weighted by atomic mass is 10.3. The summed E-state index contributed by atoms with van der Waals surface area (Å²) >= 11 is 0. The monoisotopic (exact) mass is 281 g/mol. The summed E-state index contributed by atoms with van der Waals surface area (Å²) in [7, 11) is 4.26. The molecule has 1 saturated heterocycles. The standard InChI is InChI=1S/C13H27N7/c1-17(2)3-4-18-5-7-19(8-6-18)9-10-20-12-13(11-14)15-16-20/h12H,3-11,14H2,1-2H3. The Morgan fingerprint density at radius 2 is 1.75 bits per heavy atom. The fraction of sp³-hybridized carbons (Fsp3) is 0.846. The fourth-order valence-corrected chi connectivity index (χ4v) is 2.36. The number of aromatic nitrogens is 3. The molecule has 1 aliphatic heterocycles. The van der Waals surface area contributed by atoms with Gasteiger partial charge in [0, 0.05) is 58.6 Å². The molecule has 20 heavy (non-hydrogen) atoms. The number of hydrogen-bond donors (Lipinski definition) is 1. The van der Waals surface area contributed by atoms with Gasteiger partial charge in [-0.2, -0.15) is 0 Å². The Hall–Kier alpha value is -1.02. The van der Waals surface area contributed by atoms with Gasteiger partial charge in [-0.1, -0.05) is 5.21 Å². The summed E-state index contributed by atoms with van der Waals surface area (Å²) in [5, 5.41) is 8.09. The molecular weight excluding hydrogens is 254 g/mol. The number of piperazine rings is 1. The third-order valence-electron chi connectivity index (χ3n) is 3.77. The maximum absolute atomic E-state index is 5.53.